The molecule has 1 fully saturated rings. The van der Waals surface area contributed by atoms with Crippen LogP contribution in [-0.2, 0) is 11.2 Å². The van der Waals surface area contributed by atoms with Gasteiger partial charge in [-0.3, -0.25) is 9.78 Å². The Labute approximate surface area is 126 Å². The Morgan fingerprint density at radius 2 is 2.24 bits per heavy atom. The molecular weight excluding hydrogens is 262 g/mol. The van der Waals surface area contributed by atoms with Gasteiger partial charge in [-0.25, -0.2) is 0 Å². The highest BCUT2D eigenvalue weighted by Crippen LogP contribution is 2.47. The van der Waals surface area contributed by atoms with Crippen molar-refractivity contribution in [1.29, 1.82) is 0 Å². The van der Waals surface area contributed by atoms with Gasteiger partial charge in [-0.1, -0.05) is 19.4 Å². The third kappa shape index (κ3) is 2.83. The van der Waals surface area contributed by atoms with Crippen molar-refractivity contribution in [2.75, 3.05) is 0 Å². The molecule has 2 aliphatic rings. The van der Waals surface area contributed by atoms with Crippen LogP contribution in [-0.4, -0.2) is 16.1 Å². The smallest absolute Gasteiger partial charge is 0.306 e. The average molecular weight is 287 g/mol. The van der Waals surface area contributed by atoms with E-state index in [0.717, 1.165) is 32.1 Å². The third-order valence-corrected chi connectivity index (χ3v) is 5.66. The quantitative estimate of drug-likeness (QED) is 0.913. The van der Waals surface area contributed by atoms with Crippen LogP contribution in [0.25, 0.3) is 0 Å². The number of nitrogens with zero attached hydrogens (tertiary/aromatic N) is 1. The van der Waals surface area contributed by atoms with Crippen molar-refractivity contribution in [2.45, 2.75) is 57.8 Å². The third-order valence-electron chi connectivity index (χ3n) is 5.66. The van der Waals surface area contributed by atoms with Crippen molar-refractivity contribution in [3.8, 4) is 0 Å². The first-order chi connectivity index (χ1) is 10.2. The Kier molecular flexibility index (Phi) is 4.27. The lowest BCUT2D eigenvalue weighted by atomic mass is 9.64. The molecule has 4 unspecified atom stereocenters. The first-order valence-corrected chi connectivity index (χ1v) is 8.37. The highest BCUT2D eigenvalue weighted by atomic mass is 16.4. The van der Waals surface area contributed by atoms with E-state index in [1.807, 2.05) is 12.3 Å². The van der Waals surface area contributed by atoms with Gasteiger partial charge >= 0.3 is 5.97 Å². The van der Waals surface area contributed by atoms with Gasteiger partial charge in [0, 0.05) is 17.8 Å². The van der Waals surface area contributed by atoms with Gasteiger partial charge in [-0.15, -0.1) is 0 Å². The summed E-state index contributed by atoms with van der Waals surface area (Å²) >= 11 is 0. The summed E-state index contributed by atoms with van der Waals surface area (Å²) in [6.45, 7) is 2.23. The van der Waals surface area contributed by atoms with Gasteiger partial charge in [0.2, 0.25) is 0 Å². The van der Waals surface area contributed by atoms with Crippen molar-refractivity contribution in [1.82, 2.24) is 4.98 Å². The zero-order chi connectivity index (χ0) is 14.8. The molecule has 3 heteroatoms. The minimum Gasteiger partial charge on any atom is -0.481 e. The minimum absolute atomic E-state index is 0.175. The molecule has 3 nitrogen and oxygen atoms in total. The van der Waals surface area contributed by atoms with E-state index in [1.165, 1.54) is 24.1 Å². The predicted molar refractivity (Wildman–Crippen MR) is 82.2 cm³/mol. The van der Waals surface area contributed by atoms with Crippen LogP contribution >= 0.6 is 0 Å². The van der Waals surface area contributed by atoms with Gasteiger partial charge < -0.3 is 5.11 Å². The van der Waals surface area contributed by atoms with Gasteiger partial charge in [-0.2, -0.15) is 0 Å². The molecule has 0 amide bonds. The number of fused-ring (bicyclic) bond motifs is 1. The monoisotopic (exact) mass is 287 g/mol. The Balaban J connectivity index is 1.91. The van der Waals surface area contributed by atoms with Gasteiger partial charge in [0.05, 0.1) is 5.92 Å². The molecule has 0 aromatic carbocycles. The lowest BCUT2D eigenvalue weighted by molar-refractivity contribution is -0.146. The molecule has 4 atom stereocenters. The topological polar surface area (TPSA) is 50.2 Å². The summed E-state index contributed by atoms with van der Waals surface area (Å²) in [4.78, 5) is 16.3. The predicted octanol–water partition coefficient (Wildman–Crippen LogP) is 4.03. The molecule has 1 aromatic rings. The van der Waals surface area contributed by atoms with E-state index < -0.39 is 5.97 Å². The Bertz CT molecular complexity index is 514. The van der Waals surface area contributed by atoms with E-state index in [0.29, 0.717) is 11.8 Å². The summed E-state index contributed by atoms with van der Waals surface area (Å²) in [5.74, 6) is 0.545. The second kappa shape index (κ2) is 6.17. The maximum absolute atomic E-state index is 11.7. The van der Waals surface area contributed by atoms with Crippen LogP contribution in [0.3, 0.4) is 0 Å². The number of hydrogen-bond acceptors (Lipinski definition) is 2. The van der Waals surface area contributed by atoms with Crippen LogP contribution < -0.4 is 0 Å². The Hall–Kier alpha value is -1.38. The van der Waals surface area contributed by atoms with Crippen LogP contribution in [0.4, 0.5) is 0 Å². The van der Waals surface area contributed by atoms with E-state index in [9.17, 15) is 9.90 Å². The summed E-state index contributed by atoms with van der Waals surface area (Å²) in [5, 5.41) is 9.63. The fraction of sp³-hybridized carbons (Fsp3) is 0.667. The molecule has 1 saturated carbocycles. The lowest BCUT2D eigenvalue weighted by Crippen LogP contribution is -2.36. The van der Waals surface area contributed by atoms with E-state index >= 15 is 0 Å². The second-order valence-corrected chi connectivity index (χ2v) is 6.74. The molecule has 0 radical (unpaired) electrons. The molecule has 1 heterocycles. The summed E-state index contributed by atoms with van der Waals surface area (Å²) in [6.07, 6.45) is 9.40. The minimum atomic E-state index is -0.599. The summed E-state index contributed by atoms with van der Waals surface area (Å²) in [6, 6.07) is 4.18. The molecule has 0 spiro atoms. The number of aromatic nitrogens is 1. The van der Waals surface area contributed by atoms with E-state index in [2.05, 4.69) is 18.0 Å². The van der Waals surface area contributed by atoms with Crippen molar-refractivity contribution in [3.05, 3.63) is 29.6 Å². The summed E-state index contributed by atoms with van der Waals surface area (Å²) < 4.78 is 0. The number of carbonyl (C=O) groups is 1. The molecule has 3 rings (SSSR count). The number of aryl methyl sites for hydroxylation is 1. The van der Waals surface area contributed by atoms with Gasteiger partial charge in [0.25, 0.3) is 0 Å². The molecule has 0 bridgehead atoms. The van der Waals surface area contributed by atoms with Crippen molar-refractivity contribution in [3.63, 3.8) is 0 Å². The van der Waals surface area contributed by atoms with E-state index in [4.69, 9.17) is 0 Å². The molecule has 114 valence electrons. The number of pyridine rings is 1. The molecular formula is C18H25NO2. The molecule has 0 saturated heterocycles. The van der Waals surface area contributed by atoms with Gasteiger partial charge in [-0.05, 0) is 62.0 Å². The van der Waals surface area contributed by atoms with Crippen LogP contribution in [0.5, 0.6) is 0 Å². The zero-order valence-electron chi connectivity index (χ0n) is 12.8. The molecule has 21 heavy (non-hydrogen) atoms. The number of rotatable bonds is 3. The highest BCUT2D eigenvalue weighted by Gasteiger charge is 2.41. The van der Waals surface area contributed by atoms with Gasteiger partial charge in [0.15, 0.2) is 0 Å². The first kappa shape index (κ1) is 14.6. The number of carboxylic acids is 1. The van der Waals surface area contributed by atoms with Crippen LogP contribution in [0.15, 0.2) is 18.3 Å². The van der Waals surface area contributed by atoms with Crippen LogP contribution in [0.2, 0.25) is 0 Å². The lowest BCUT2D eigenvalue weighted by Gasteiger charge is -2.40. The van der Waals surface area contributed by atoms with Crippen molar-refractivity contribution < 1.29 is 9.90 Å². The molecule has 2 aliphatic carbocycles. The van der Waals surface area contributed by atoms with E-state index in [1.54, 1.807) is 0 Å². The van der Waals surface area contributed by atoms with Crippen LogP contribution in [0, 0.1) is 17.8 Å². The summed E-state index contributed by atoms with van der Waals surface area (Å²) in [7, 11) is 0. The van der Waals surface area contributed by atoms with Crippen LogP contribution in [0.1, 0.15) is 62.6 Å². The Morgan fingerprint density at radius 1 is 1.38 bits per heavy atom. The number of aliphatic carboxylic acids is 1. The maximum atomic E-state index is 11.7. The fourth-order valence-corrected chi connectivity index (χ4v) is 4.48. The van der Waals surface area contributed by atoms with E-state index in [-0.39, 0.29) is 11.8 Å². The second-order valence-electron chi connectivity index (χ2n) is 6.74. The van der Waals surface area contributed by atoms with Crippen molar-refractivity contribution >= 4 is 5.97 Å². The normalized spacial score (nSPS) is 32.4. The SMILES string of the molecule is CCC1CCC(C(=O)O)C(C2CCCc3cccnc32)C1. The molecule has 0 aliphatic heterocycles. The largest absolute Gasteiger partial charge is 0.481 e. The standard InChI is InChI=1S/C18H25NO2/c1-2-12-8-9-15(18(20)21)16(11-12)14-7-3-5-13-6-4-10-19-17(13)14/h4,6,10,12,14-16H,2-3,5,7-9,11H2,1H3,(H,20,21). The maximum Gasteiger partial charge on any atom is 0.306 e. The highest BCUT2D eigenvalue weighted by molar-refractivity contribution is 5.70. The number of hydrogen-bond donors (Lipinski definition) is 1. The molecule has 1 N–H and O–H groups in total. The average Bonchev–Trinajstić information content (AvgIpc) is 2.53. The van der Waals surface area contributed by atoms with Crippen molar-refractivity contribution in [2.24, 2.45) is 17.8 Å². The van der Waals surface area contributed by atoms with Gasteiger partial charge in [0.1, 0.15) is 0 Å². The summed E-state index contributed by atoms with van der Waals surface area (Å²) in [5.41, 5.74) is 2.54. The first-order valence-electron chi connectivity index (χ1n) is 8.37. The zero-order valence-corrected chi connectivity index (χ0v) is 12.8. The fourth-order valence-electron chi connectivity index (χ4n) is 4.48. The number of carboxylic acid groups (broad SMARTS) is 1. The Morgan fingerprint density at radius 3 is 3.00 bits per heavy atom. The molecule has 1 aromatic heterocycles.